The number of carbonyl (C=O) groups excluding carboxylic acids is 2. The molecule has 2 heterocycles. The van der Waals surface area contributed by atoms with E-state index in [0.29, 0.717) is 17.9 Å². The fraction of sp³-hybridized carbons (Fsp3) is 0.375. The standard InChI is InChI=1S/C24H29N5O5/c1-14(2)11-28-21(25)20(22(31)27(5)24(28)33)18(30)13-34-23(32)19-15(3)26-29(16(19)4)12-17-9-7-6-8-10-17/h6-10,14H,11-13,25H2,1-5H3. The minimum atomic E-state index is -0.827. The summed E-state index contributed by atoms with van der Waals surface area (Å²) in [5.74, 6) is -1.69. The van der Waals surface area contributed by atoms with Gasteiger partial charge in [0.15, 0.2) is 6.61 Å². The van der Waals surface area contributed by atoms with E-state index in [0.717, 1.165) is 10.1 Å². The number of benzene rings is 1. The third-order valence-corrected chi connectivity index (χ3v) is 5.50. The second-order valence-corrected chi connectivity index (χ2v) is 8.60. The van der Waals surface area contributed by atoms with E-state index in [1.807, 2.05) is 44.2 Å². The van der Waals surface area contributed by atoms with Crippen LogP contribution in [0.3, 0.4) is 0 Å². The molecule has 10 heteroatoms. The van der Waals surface area contributed by atoms with Gasteiger partial charge in [-0.3, -0.25) is 23.4 Å². The van der Waals surface area contributed by atoms with Crippen LogP contribution in [0, 0.1) is 19.8 Å². The molecule has 0 saturated carbocycles. The van der Waals surface area contributed by atoms with Gasteiger partial charge in [-0.25, -0.2) is 9.59 Å². The van der Waals surface area contributed by atoms with E-state index < -0.39 is 29.6 Å². The van der Waals surface area contributed by atoms with Gasteiger partial charge in [-0.1, -0.05) is 44.2 Å². The molecule has 0 aliphatic carbocycles. The number of Topliss-reactive ketones (excluding diaryl/α,β-unsaturated/α-hetero) is 1. The first-order chi connectivity index (χ1) is 16.0. The number of carbonyl (C=O) groups is 2. The van der Waals surface area contributed by atoms with Crippen LogP contribution in [0.2, 0.25) is 0 Å². The molecule has 2 aromatic heterocycles. The average molecular weight is 468 g/mol. The minimum absolute atomic E-state index is 0.0525. The van der Waals surface area contributed by atoms with Crippen LogP contribution in [-0.2, 0) is 24.9 Å². The normalized spacial score (nSPS) is 11.1. The zero-order valence-corrected chi connectivity index (χ0v) is 20.0. The maximum absolute atomic E-state index is 12.8. The molecule has 34 heavy (non-hydrogen) atoms. The first kappa shape index (κ1) is 24.7. The molecule has 0 aliphatic heterocycles. The molecular weight excluding hydrogens is 438 g/mol. The van der Waals surface area contributed by atoms with Crippen LogP contribution in [0.4, 0.5) is 5.82 Å². The predicted molar refractivity (Wildman–Crippen MR) is 127 cm³/mol. The summed E-state index contributed by atoms with van der Waals surface area (Å²) in [6.07, 6.45) is 0. The Morgan fingerprint density at radius 3 is 2.35 bits per heavy atom. The van der Waals surface area contributed by atoms with Crippen molar-refractivity contribution in [3.05, 3.63) is 79.2 Å². The lowest BCUT2D eigenvalue weighted by atomic mass is 10.1. The number of ketones is 1. The Morgan fingerprint density at radius 2 is 1.74 bits per heavy atom. The van der Waals surface area contributed by atoms with Crippen LogP contribution in [0.25, 0.3) is 0 Å². The number of anilines is 1. The Balaban J connectivity index is 1.82. The number of aryl methyl sites for hydroxylation is 1. The van der Waals surface area contributed by atoms with Gasteiger partial charge in [0.2, 0.25) is 5.78 Å². The van der Waals surface area contributed by atoms with E-state index in [9.17, 15) is 19.2 Å². The monoisotopic (exact) mass is 467 g/mol. The molecule has 10 nitrogen and oxygen atoms in total. The van der Waals surface area contributed by atoms with E-state index in [1.54, 1.807) is 18.5 Å². The fourth-order valence-electron chi connectivity index (χ4n) is 3.76. The Morgan fingerprint density at radius 1 is 1.09 bits per heavy atom. The summed E-state index contributed by atoms with van der Waals surface area (Å²) < 4.78 is 8.94. The number of aromatic nitrogens is 4. The second kappa shape index (κ2) is 9.90. The van der Waals surface area contributed by atoms with Gasteiger partial charge in [-0.05, 0) is 25.3 Å². The third kappa shape index (κ3) is 4.85. The van der Waals surface area contributed by atoms with E-state index >= 15 is 0 Å². The van der Waals surface area contributed by atoms with Gasteiger partial charge in [0.1, 0.15) is 16.9 Å². The molecule has 0 saturated heterocycles. The quantitative estimate of drug-likeness (QED) is 0.394. The Bertz CT molecular complexity index is 1350. The zero-order chi connectivity index (χ0) is 25.2. The Hall–Kier alpha value is -3.95. The van der Waals surface area contributed by atoms with E-state index in [4.69, 9.17) is 10.5 Å². The number of nitrogens with two attached hydrogens (primary N) is 1. The highest BCUT2D eigenvalue weighted by molar-refractivity contribution is 6.02. The first-order valence-corrected chi connectivity index (χ1v) is 10.9. The van der Waals surface area contributed by atoms with Crippen molar-refractivity contribution in [1.29, 1.82) is 0 Å². The van der Waals surface area contributed by atoms with Gasteiger partial charge >= 0.3 is 11.7 Å². The molecule has 0 amide bonds. The van der Waals surface area contributed by atoms with Crippen LogP contribution < -0.4 is 17.0 Å². The Labute approximate surface area is 196 Å². The van der Waals surface area contributed by atoms with Crippen molar-refractivity contribution in [2.75, 3.05) is 12.3 Å². The smallest absolute Gasteiger partial charge is 0.342 e. The number of hydrogen-bond donors (Lipinski definition) is 1. The van der Waals surface area contributed by atoms with E-state index in [-0.39, 0.29) is 29.4 Å². The van der Waals surface area contributed by atoms with Crippen molar-refractivity contribution in [1.82, 2.24) is 18.9 Å². The number of ether oxygens (including phenoxy) is 1. The lowest BCUT2D eigenvalue weighted by Gasteiger charge is -2.16. The van der Waals surface area contributed by atoms with Crippen LogP contribution in [0.15, 0.2) is 39.9 Å². The average Bonchev–Trinajstić information content (AvgIpc) is 3.07. The molecule has 2 N–H and O–H groups in total. The highest BCUT2D eigenvalue weighted by atomic mass is 16.5. The van der Waals surface area contributed by atoms with Crippen molar-refractivity contribution in [3.8, 4) is 0 Å². The Kier molecular flexibility index (Phi) is 7.19. The number of nitrogens with zero attached hydrogens (tertiary/aromatic N) is 4. The fourth-order valence-corrected chi connectivity index (χ4v) is 3.76. The molecule has 0 atom stereocenters. The zero-order valence-electron chi connectivity index (χ0n) is 20.0. The lowest BCUT2D eigenvalue weighted by molar-refractivity contribution is 0.0472. The van der Waals surface area contributed by atoms with Gasteiger partial charge in [0.05, 0.1) is 17.9 Å². The van der Waals surface area contributed by atoms with Crippen molar-refractivity contribution < 1.29 is 14.3 Å². The van der Waals surface area contributed by atoms with Gasteiger partial charge < -0.3 is 10.5 Å². The molecule has 3 rings (SSSR count). The maximum Gasteiger partial charge on any atom is 0.342 e. The summed E-state index contributed by atoms with van der Waals surface area (Å²) in [6, 6.07) is 9.66. The lowest BCUT2D eigenvalue weighted by Crippen LogP contribution is -2.43. The highest BCUT2D eigenvalue weighted by Gasteiger charge is 2.25. The summed E-state index contributed by atoms with van der Waals surface area (Å²) in [5, 5.41) is 4.42. The number of hydrogen-bond acceptors (Lipinski definition) is 7. The van der Waals surface area contributed by atoms with Crippen molar-refractivity contribution >= 4 is 17.6 Å². The molecular formula is C24H29N5O5. The number of nitrogen functional groups attached to an aromatic ring is 1. The SMILES string of the molecule is Cc1nn(Cc2ccccc2)c(C)c1C(=O)OCC(=O)c1c(N)n(CC(C)C)c(=O)n(C)c1=O. The summed E-state index contributed by atoms with van der Waals surface area (Å²) in [4.78, 5) is 50.6. The molecule has 0 bridgehead atoms. The summed E-state index contributed by atoms with van der Waals surface area (Å²) in [7, 11) is 1.28. The van der Waals surface area contributed by atoms with Gasteiger partial charge in [-0.15, -0.1) is 0 Å². The van der Waals surface area contributed by atoms with Crippen molar-refractivity contribution in [2.45, 2.75) is 40.8 Å². The number of esters is 1. The first-order valence-electron chi connectivity index (χ1n) is 10.9. The molecule has 0 unspecified atom stereocenters. The van der Waals surface area contributed by atoms with Crippen LogP contribution in [0.5, 0.6) is 0 Å². The van der Waals surface area contributed by atoms with E-state index in [1.165, 1.54) is 11.6 Å². The largest absolute Gasteiger partial charge is 0.454 e. The minimum Gasteiger partial charge on any atom is -0.454 e. The second-order valence-electron chi connectivity index (χ2n) is 8.60. The summed E-state index contributed by atoms with van der Waals surface area (Å²) >= 11 is 0. The topological polar surface area (TPSA) is 131 Å². The van der Waals surface area contributed by atoms with Crippen LogP contribution >= 0.6 is 0 Å². The summed E-state index contributed by atoms with van der Waals surface area (Å²) in [6.45, 7) is 7.20. The van der Waals surface area contributed by atoms with Gasteiger partial charge in [0, 0.05) is 13.6 Å². The molecule has 0 fully saturated rings. The molecule has 180 valence electrons. The van der Waals surface area contributed by atoms with E-state index in [2.05, 4.69) is 5.10 Å². The van der Waals surface area contributed by atoms with Crippen molar-refractivity contribution in [3.63, 3.8) is 0 Å². The third-order valence-electron chi connectivity index (χ3n) is 5.50. The maximum atomic E-state index is 12.8. The van der Waals surface area contributed by atoms with Crippen molar-refractivity contribution in [2.24, 2.45) is 13.0 Å². The molecule has 1 aromatic carbocycles. The molecule has 3 aromatic rings. The highest BCUT2D eigenvalue weighted by Crippen LogP contribution is 2.17. The van der Waals surface area contributed by atoms with Gasteiger partial charge in [-0.2, -0.15) is 5.10 Å². The molecule has 0 radical (unpaired) electrons. The van der Waals surface area contributed by atoms with Crippen LogP contribution in [0.1, 0.15) is 51.5 Å². The predicted octanol–water partition coefficient (Wildman–Crippen LogP) is 1.69. The molecule has 0 aliphatic rings. The van der Waals surface area contributed by atoms with Gasteiger partial charge in [0.25, 0.3) is 5.56 Å². The number of rotatable bonds is 8. The van der Waals surface area contributed by atoms with Crippen LogP contribution in [-0.4, -0.2) is 37.3 Å². The molecule has 0 spiro atoms. The summed E-state index contributed by atoms with van der Waals surface area (Å²) in [5.41, 5.74) is 6.55.